The number of hydrogen-bond donors (Lipinski definition) is 4. The minimum atomic E-state index is -1.07. The van der Waals surface area contributed by atoms with Crippen molar-refractivity contribution in [2.24, 2.45) is 11.5 Å². The first-order valence-corrected chi connectivity index (χ1v) is 9.90. The Kier molecular flexibility index (Phi) is 13.6. The molecular formula is C14H20N2O4S3. The van der Waals surface area contributed by atoms with E-state index in [4.69, 9.17) is 21.7 Å². The lowest BCUT2D eigenvalue weighted by Crippen LogP contribution is -2.33. The summed E-state index contributed by atoms with van der Waals surface area (Å²) in [6.07, 6.45) is 0. The molecule has 6 N–H and O–H groups in total. The zero-order valence-corrected chi connectivity index (χ0v) is 14.7. The van der Waals surface area contributed by atoms with Crippen LogP contribution in [-0.2, 0) is 9.59 Å². The summed E-state index contributed by atoms with van der Waals surface area (Å²) in [4.78, 5) is 20.5. The zero-order valence-electron chi connectivity index (χ0n) is 12.3. The Morgan fingerprint density at radius 1 is 0.826 bits per heavy atom. The van der Waals surface area contributed by atoms with Crippen LogP contribution in [0.4, 0.5) is 0 Å². The molecule has 1 heterocycles. The van der Waals surface area contributed by atoms with E-state index in [1.165, 1.54) is 21.6 Å². The van der Waals surface area contributed by atoms with E-state index in [2.05, 4.69) is 0 Å². The minimum Gasteiger partial charge on any atom is -0.480 e. The quantitative estimate of drug-likeness (QED) is 0.421. The van der Waals surface area contributed by atoms with Crippen LogP contribution in [0.5, 0.6) is 0 Å². The molecule has 0 aliphatic rings. The van der Waals surface area contributed by atoms with Gasteiger partial charge in [0.15, 0.2) is 0 Å². The third-order valence-electron chi connectivity index (χ3n) is 2.08. The SMILES string of the molecule is NC(CSSCC(N)C(=O)O)C(=O)O.c1ccccsccc1. The Morgan fingerprint density at radius 2 is 1.17 bits per heavy atom. The van der Waals surface area contributed by atoms with Crippen molar-refractivity contribution in [3.63, 3.8) is 0 Å². The fourth-order valence-corrected chi connectivity index (χ4v) is 3.55. The predicted octanol–water partition coefficient (Wildman–Crippen LogP) is 2.06. The van der Waals surface area contributed by atoms with E-state index < -0.39 is 24.0 Å². The smallest absolute Gasteiger partial charge is 0.321 e. The van der Waals surface area contributed by atoms with Crippen molar-refractivity contribution in [2.75, 3.05) is 11.5 Å². The van der Waals surface area contributed by atoms with Crippen LogP contribution in [0, 0.1) is 0 Å². The van der Waals surface area contributed by atoms with Gasteiger partial charge in [-0.15, -0.1) is 0 Å². The molecule has 23 heavy (non-hydrogen) atoms. The van der Waals surface area contributed by atoms with Gasteiger partial charge in [0, 0.05) is 11.5 Å². The van der Waals surface area contributed by atoms with E-state index in [1.54, 1.807) is 11.3 Å². The number of hydrogen-bond acceptors (Lipinski definition) is 7. The van der Waals surface area contributed by atoms with Gasteiger partial charge in [-0.05, 0) is 10.8 Å². The molecule has 9 heteroatoms. The Morgan fingerprint density at radius 3 is 1.52 bits per heavy atom. The van der Waals surface area contributed by atoms with E-state index in [0.717, 1.165) is 0 Å². The van der Waals surface area contributed by atoms with Crippen LogP contribution in [-0.4, -0.2) is 45.7 Å². The normalized spacial score (nSPS) is 12.1. The molecule has 2 unspecified atom stereocenters. The van der Waals surface area contributed by atoms with Gasteiger partial charge >= 0.3 is 11.9 Å². The van der Waals surface area contributed by atoms with Crippen LogP contribution in [0.2, 0.25) is 0 Å². The summed E-state index contributed by atoms with van der Waals surface area (Å²) in [5.41, 5.74) is 10.4. The summed E-state index contributed by atoms with van der Waals surface area (Å²) in [6, 6.07) is 10.2. The van der Waals surface area contributed by atoms with Crippen molar-refractivity contribution in [1.82, 2.24) is 0 Å². The molecule has 0 aliphatic carbocycles. The monoisotopic (exact) mass is 376 g/mol. The second kappa shape index (κ2) is 14.3. The van der Waals surface area contributed by atoms with E-state index >= 15 is 0 Å². The Balaban J connectivity index is 0.000000459. The summed E-state index contributed by atoms with van der Waals surface area (Å²) >= 11 is 1.68. The first-order chi connectivity index (χ1) is 10.9. The van der Waals surface area contributed by atoms with Crippen LogP contribution in [0.3, 0.4) is 0 Å². The maximum Gasteiger partial charge on any atom is 0.321 e. The molecule has 0 amide bonds. The molecule has 0 aromatic carbocycles. The maximum absolute atomic E-state index is 10.3. The third kappa shape index (κ3) is 14.1. The first kappa shape index (κ1) is 21.7. The van der Waals surface area contributed by atoms with Gasteiger partial charge in [-0.3, -0.25) is 9.59 Å². The predicted molar refractivity (Wildman–Crippen MR) is 98.1 cm³/mol. The molecule has 0 spiro atoms. The highest BCUT2D eigenvalue weighted by Crippen LogP contribution is 2.22. The molecule has 6 nitrogen and oxygen atoms in total. The van der Waals surface area contributed by atoms with Gasteiger partial charge in [-0.1, -0.05) is 58.0 Å². The number of aliphatic carboxylic acids is 2. The van der Waals surface area contributed by atoms with Crippen molar-refractivity contribution in [1.29, 1.82) is 0 Å². The molecule has 2 atom stereocenters. The lowest BCUT2D eigenvalue weighted by Gasteiger charge is -2.07. The molecule has 128 valence electrons. The van der Waals surface area contributed by atoms with E-state index in [9.17, 15) is 9.59 Å². The van der Waals surface area contributed by atoms with Crippen molar-refractivity contribution in [2.45, 2.75) is 12.1 Å². The average molecular weight is 377 g/mol. The highest BCUT2D eigenvalue weighted by Gasteiger charge is 2.14. The summed E-state index contributed by atoms with van der Waals surface area (Å²) < 4.78 is 0. The lowest BCUT2D eigenvalue weighted by molar-refractivity contribution is -0.138. The number of carbonyl (C=O) groups is 2. The van der Waals surface area contributed by atoms with Crippen LogP contribution in [0.25, 0.3) is 0 Å². The molecule has 1 rings (SSSR count). The lowest BCUT2D eigenvalue weighted by atomic mass is 10.4. The standard InChI is InChI=1S/C8H8S.C6H12N2O4S2/c1-2-4-6-8-9-7-5-3-1;7-3(5(9)10)1-13-14-2-4(8)6(11)12/h1-8H;3-4H,1-2,7-8H2,(H,9,10)(H,11,12). The van der Waals surface area contributed by atoms with Crippen molar-refractivity contribution in [3.8, 4) is 0 Å². The zero-order chi connectivity index (χ0) is 17.5. The second-order valence-electron chi connectivity index (χ2n) is 4.02. The van der Waals surface area contributed by atoms with Crippen LogP contribution in [0.1, 0.15) is 0 Å². The Labute approximate surface area is 147 Å². The highest BCUT2D eigenvalue weighted by atomic mass is 33.1. The number of carboxylic acids is 2. The Hall–Kier alpha value is -1.26. The number of nitrogens with two attached hydrogens (primary N) is 2. The molecule has 0 bridgehead atoms. The summed E-state index contributed by atoms with van der Waals surface area (Å²) in [6.45, 7) is 0. The van der Waals surface area contributed by atoms with Gasteiger partial charge in [-0.2, -0.15) is 11.3 Å². The van der Waals surface area contributed by atoms with Gasteiger partial charge in [0.2, 0.25) is 0 Å². The third-order valence-corrected chi connectivity index (χ3v) is 5.18. The summed E-state index contributed by atoms with van der Waals surface area (Å²) in [7, 11) is 2.41. The topological polar surface area (TPSA) is 127 Å². The largest absolute Gasteiger partial charge is 0.480 e. The fourth-order valence-electron chi connectivity index (χ4n) is 0.869. The maximum atomic E-state index is 10.3. The van der Waals surface area contributed by atoms with Crippen molar-refractivity contribution >= 4 is 44.9 Å². The van der Waals surface area contributed by atoms with Crippen molar-refractivity contribution < 1.29 is 19.8 Å². The first-order valence-electron chi connectivity index (χ1n) is 6.46. The summed E-state index contributed by atoms with van der Waals surface area (Å²) in [5, 5.41) is 20.9. The van der Waals surface area contributed by atoms with E-state index in [1.807, 2.05) is 47.2 Å². The van der Waals surface area contributed by atoms with Crippen LogP contribution >= 0.6 is 32.9 Å². The molecule has 0 radical (unpaired) electrons. The molecule has 0 saturated carbocycles. The van der Waals surface area contributed by atoms with Gasteiger partial charge in [0.25, 0.3) is 0 Å². The second-order valence-corrected chi connectivity index (χ2v) is 7.39. The van der Waals surface area contributed by atoms with E-state index in [-0.39, 0.29) is 11.5 Å². The molecular weight excluding hydrogens is 356 g/mol. The van der Waals surface area contributed by atoms with Crippen LogP contribution in [0.15, 0.2) is 47.2 Å². The fraction of sp³-hybridized carbons (Fsp3) is 0.286. The van der Waals surface area contributed by atoms with Crippen LogP contribution < -0.4 is 11.5 Å². The van der Waals surface area contributed by atoms with Gasteiger partial charge in [0.1, 0.15) is 12.1 Å². The molecule has 0 aliphatic heterocycles. The highest BCUT2D eigenvalue weighted by molar-refractivity contribution is 8.76. The van der Waals surface area contributed by atoms with Gasteiger partial charge in [-0.25, -0.2) is 0 Å². The molecule has 1 aromatic heterocycles. The summed E-state index contributed by atoms with van der Waals surface area (Å²) in [5.74, 6) is -1.68. The van der Waals surface area contributed by atoms with Crippen molar-refractivity contribution in [3.05, 3.63) is 47.2 Å². The minimum absolute atomic E-state index is 0.229. The van der Waals surface area contributed by atoms with E-state index in [0.29, 0.717) is 0 Å². The number of carboxylic acid groups (broad SMARTS) is 2. The molecule has 0 fully saturated rings. The average Bonchev–Trinajstić information content (AvgIpc) is 2.67. The molecule has 0 saturated heterocycles. The van der Waals surface area contributed by atoms with Gasteiger partial charge in [0.05, 0.1) is 0 Å². The molecule has 1 aromatic rings. The van der Waals surface area contributed by atoms with Gasteiger partial charge < -0.3 is 21.7 Å². The number of rotatable bonds is 7. The Bertz CT molecular complexity index is 415.